The Morgan fingerprint density at radius 3 is 2.64 bits per heavy atom. The van der Waals surface area contributed by atoms with Crippen molar-refractivity contribution in [3.8, 4) is 11.4 Å². The van der Waals surface area contributed by atoms with Gasteiger partial charge in [0.1, 0.15) is 11.4 Å². The molecule has 0 aromatic carbocycles. The number of imidazole rings is 1. The van der Waals surface area contributed by atoms with Crippen molar-refractivity contribution >= 4 is 6.09 Å². The Bertz CT molecular complexity index is 756. The molecule has 1 amide bonds. The summed E-state index contributed by atoms with van der Waals surface area (Å²) < 4.78 is 9.49. The van der Waals surface area contributed by atoms with Gasteiger partial charge in [-0.3, -0.25) is 9.58 Å². The summed E-state index contributed by atoms with van der Waals surface area (Å²) in [5.41, 5.74) is 1.49. The second-order valence-corrected chi connectivity index (χ2v) is 7.59. The zero-order valence-corrected chi connectivity index (χ0v) is 15.7. The molecule has 1 saturated heterocycles. The molecule has 3 heterocycles. The molecule has 1 atom stereocenters. The van der Waals surface area contributed by atoms with Crippen LogP contribution in [-0.2, 0) is 18.8 Å². The largest absolute Gasteiger partial charge is 0.444 e. The van der Waals surface area contributed by atoms with Gasteiger partial charge in [0.15, 0.2) is 0 Å². The average Bonchev–Trinajstić information content (AvgIpc) is 3.11. The van der Waals surface area contributed by atoms with Crippen LogP contribution < -0.4 is 0 Å². The molecule has 0 spiro atoms. The SMILES string of the molecule is Cn1nccc1-c1cnc(C2CCCCN2C(=O)OC(C)(C)C)n1C. The van der Waals surface area contributed by atoms with Gasteiger partial charge in [-0.15, -0.1) is 0 Å². The van der Waals surface area contributed by atoms with Crippen LogP contribution in [0.25, 0.3) is 11.4 Å². The van der Waals surface area contributed by atoms with E-state index in [0.29, 0.717) is 6.54 Å². The van der Waals surface area contributed by atoms with E-state index < -0.39 is 5.60 Å². The van der Waals surface area contributed by atoms with Gasteiger partial charge in [0.25, 0.3) is 0 Å². The molecule has 0 bridgehead atoms. The van der Waals surface area contributed by atoms with E-state index in [1.165, 1.54) is 0 Å². The van der Waals surface area contributed by atoms with Crippen LogP contribution in [-0.4, -0.2) is 42.5 Å². The van der Waals surface area contributed by atoms with Crippen LogP contribution in [0.4, 0.5) is 4.79 Å². The Hall–Kier alpha value is -2.31. The molecule has 0 aliphatic carbocycles. The normalized spacial score (nSPS) is 18.4. The highest BCUT2D eigenvalue weighted by Crippen LogP contribution is 2.33. The van der Waals surface area contributed by atoms with Gasteiger partial charge in [0.2, 0.25) is 0 Å². The van der Waals surface area contributed by atoms with E-state index in [4.69, 9.17) is 4.74 Å². The topological polar surface area (TPSA) is 65.2 Å². The van der Waals surface area contributed by atoms with Crippen LogP contribution in [0, 0.1) is 0 Å². The van der Waals surface area contributed by atoms with E-state index in [1.807, 2.05) is 56.7 Å². The number of amides is 1. The smallest absolute Gasteiger partial charge is 0.410 e. The summed E-state index contributed by atoms with van der Waals surface area (Å²) in [6.07, 6.45) is 6.34. The standard InChI is InChI=1S/C18H27N5O2/c1-18(2,3)25-17(24)23-11-7-6-8-14(23)16-19-12-15(21(16)4)13-9-10-20-22(13)5/h9-10,12,14H,6-8,11H2,1-5H3. The van der Waals surface area contributed by atoms with Crippen molar-refractivity contribution in [1.29, 1.82) is 0 Å². The first-order valence-corrected chi connectivity index (χ1v) is 8.77. The second-order valence-electron chi connectivity index (χ2n) is 7.59. The summed E-state index contributed by atoms with van der Waals surface area (Å²) in [6.45, 7) is 6.38. The third-order valence-corrected chi connectivity index (χ3v) is 4.54. The molecule has 3 rings (SSSR count). The molecule has 25 heavy (non-hydrogen) atoms. The number of nitrogens with zero attached hydrogens (tertiary/aromatic N) is 5. The number of hydrogen-bond acceptors (Lipinski definition) is 4. The van der Waals surface area contributed by atoms with Crippen molar-refractivity contribution in [2.24, 2.45) is 14.1 Å². The Morgan fingerprint density at radius 2 is 2.00 bits per heavy atom. The lowest BCUT2D eigenvalue weighted by molar-refractivity contribution is 0.00816. The predicted octanol–water partition coefficient (Wildman–Crippen LogP) is 3.28. The Kier molecular flexibility index (Phi) is 4.58. The predicted molar refractivity (Wildman–Crippen MR) is 94.9 cm³/mol. The van der Waals surface area contributed by atoms with E-state index >= 15 is 0 Å². The number of rotatable bonds is 2. The maximum absolute atomic E-state index is 12.7. The van der Waals surface area contributed by atoms with Gasteiger partial charge < -0.3 is 9.30 Å². The van der Waals surface area contributed by atoms with Crippen LogP contribution in [0.2, 0.25) is 0 Å². The summed E-state index contributed by atoms with van der Waals surface area (Å²) in [6, 6.07) is 1.91. The van der Waals surface area contributed by atoms with Crippen molar-refractivity contribution in [2.75, 3.05) is 6.54 Å². The van der Waals surface area contributed by atoms with Crippen molar-refractivity contribution in [3.63, 3.8) is 0 Å². The van der Waals surface area contributed by atoms with Gasteiger partial charge in [-0.2, -0.15) is 5.10 Å². The molecular weight excluding hydrogens is 318 g/mol. The maximum Gasteiger partial charge on any atom is 0.410 e. The first-order valence-electron chi connectivity index (χ1n) is 8.77. The zero-order valence-electron chi connectivity index (χ0n) is 15.7. The van der Waals surface area contributed by atoms with Crippen LogP contribution in [0.1, 0.15) is 51.9 Å². The van der Waals surface area contributed by atoms with Gasteiger partial charge in [-0.25, -0.2) is 9.78 Å². The highest BCUT2D eigenvalue weighted by molar-refractivity contribution is 5.69. The summed E-state index contributed by atoms with van der Waals surface area (Å²) in [7, 11) is 3.90. The molecule has 136 valence electrons. The lowest BCUT2D eigenvalue weighted by Crippen LogP contribution is -2.42. The first-order chi connectivity index (χ1) is 11.8. The van der Waals surface area contributed by atoms with E-state index in [1.54, 1.807) is 6.20 Å². The third kappa shape index (κ3) is 3.55. The fourth-order valence-electron chi connectivity index (χ4n) is 3.34. The van der Waals surface area contributed by atoms with Crippen molar-refractivity contribution < 1.29 is 9.53 Å². The highest BCUT2D eigenvalue weighted by atomic mass is 16.6. The Morgan fingerprint density at radius 1 is 1.24 bits per heavy atom. The molecule has 1 fully saturated rings. The molecule has 1 unspecified atom stereocenters. The van der Waals surface area contributed by atoms with E-state index in [9.17, 15) is 4.79 Å². The fraction of sp³-hybridized carbons (Fsp3) is 0.611. The van der Waals surface area contributed by atoms with Crippen molar-refractivity contribution in [3.05, 3.63) is 24.3 Å². The van der Waals surface area contributed by atoms with Gasteiger partial charge in [0.05, 0.1) is 23.6 Å². The molecule has 2 aromatic heterocycles. The monoisotopic (exact) mass is 345 g/mol. The van der Waals surface area contributed by atoms with E-state index in [-0.39, 0.29) is 12.1 Å². The quantitative estimate of drug-likeness (QED) is 0.838. The molecule has 1 aliphatic rings. The molecule has 0 saturated carbocycles. The lowest BCUT2D eigenvalue weighted by atomic mass is 10.0. The molecular formula is C18H27N5O2. The molecule has 0 N–H and O–H groups in total. The minimum atomic E-state index is -0.499. The number of ether oxygens (including phenoxy) is 1. The number of likely N-dealkylation sites (tertiary alicyclic amines) is 1. The van der Waals surface area contributed by atoms with Crippen LogP contribution in [0.3, 0.4) is 0 Å². The summed E-state index contributed by atoms with van der Waals surface area (Å²) >= 11 is 0. The number of carbonyl (C=O) groups excluding carboxylic acids is 1. The van der Waals surface area contributed by atoms with E-state index in [2.05, 4.69) is 14.6 Å². The third-order valence-electron chi connectivity index (χ3n) is 4.54. The number of aromatic nitrogens is 4. The van der Waals surface area contributed by atoms with Crippen LogP contribution >= 0.6 is 0 Å². The van der Waals surface area contributed by atoms with Gasteiger partial charge in [-0.05, 0) is 46.1 Å². The number of hydrogen-bond donors (Lipinski definition) is 0. The Balaban J connectivity index is 1.90. The zero-order chi connectivity index (χ0) is 18.2. The summed E-state index contributed by atoms with van der Waals surface area (Å²) in [5, 5.41) is 4.23. The summed E-state index contributed by atoms with van der Waals surface area (Å²) in [4.78, 5) is 19.1. The lowest BCUT2D eigenvalue weighted by Gasteiger charge is -2.36. The summed E-state index contributed by atoms with van der Waals surface area (Å²) in [5.74, 6) is 0.891. The second kappa shape index (κ2) is 6.54. The van der Waals surface area contributed by atoms with Gasteiger partial charge in [-0.1, -0.05) is 0 Å². The average molecular weight is 345 g/mol. The molecule has 1 aliphatic heterocycles. The molecule has 7 heteroatoms. The van der Waals surface area contributed by atoms with Crippen LogP contribution in [0.5, 0.6) is 0 Å². The number of aryl methyl sites for hydroxylation is 1. The number of carbonyl (C=O) groups is 1. The highest BCUT2D eigenvalue weighted by Gasteiger charge is 2.34. The molecule has 0 radical (unpaired) electrons. The molecule has 7 nitrogen and oxygen atoms in total. The van der Waals surface area contributed by atoms with Crippen LogP contribution in [0.15, 0.2) is 18.5 Å². The van der Waals surface area contributed by atoms with Gasteiger partial charge >= 0.3 is 6.09 Å². The number of piperidine rings is 1. The van der Waals surface area contributed by atoms with Crippen molar-refractivity contribution in [1.82, 2.24) is 24.2 Å². The maximum atomic E-state index is 12.7. The molecule has 2 aromatic rings. The minimum absolute atomic E-state index is 0.0597. The minimum Gasteiger partial charge on any atom is -0.444 e. The Labute approximate surface area is 148 Å². The van der Waals surface area contributed by atoms with Gasteiger partial charge in [0, 0.05) is 26.8 Å². The first kappa shape index (κ1) is 17.5. The fourth-order valence-corrected chi connectivity index (χ4v) is 3.34. The van der Waals surface area contributed by atoms with E-state index in [0.717, 1.165) is 36.5 Å². The van der Waals surface area contributed by atoms with Crippen molar-refractivity contribution in [2.45, 2.75) is 51.7 Å².